The van der Waals surface area contributed by atoms with Crippen molar-refractivity contribution >= 4 is 5.69 Å². The minimum atomic E-state index is -0.0544. The van der Waals surface area contributed by atoms with E-state index in [4.69, 9.17) is 0 Å². The molecule has 0 bridgehead atoms. The Hall–Kier alpha value is -1.40. The van der Waals surface area contributed by atoms with Crippen molar-refractivity contribution in [3.63, 3.8) is 0 Å². The van der Waals surface area contributed by atoms with Crippen LogP contribution in [0.2, 0.25) is 0 Å². The molecule has 0 radical (unpaired) electrons. The molecule has 0 saturated carbocycles. The smallest absolute Gasteiger partial charge is 0.268 e. The Morgan fingerprint density at radius 2 is 2.00 bits per heavy atom. The summed E-state index contributed by atoms with van der Waals surface area (Å²) in [5.74, 6) is 0. The quantitative estimate of drug-likeness (QED) is 0.664. The van der Waals surface area contributed by atoms with Gasteiger partial charge in [0.2, 0.25) is 0 Å². The van der Waals surface area contributed by atoms with Crippen molar-refractivity contribution in [2.24, 2.45) is 0 Å². The molecular formula is C13H25N5O. The summed E-state index contributed by atoms with van der Waals surface area (Å²) in [5, 5.41) is 7.48. The maximum absolute atomic E-state index is 11.8. The second-order valence-electron chi connectivity index (χ2n) is 5.08. The van der Waals surface area contributed by atoms with Gasteiger partial charge in [-0.25, -0.2) is 4.68 Å². The molecule has 0 atom stereocenters. The van der Waals surface area contributed by atoms with Gasteiger partial charge in [0.05, 0.1) is 18.4 Å². The number of aromatic nitrogens is 2. The van der Waals surface area contributed by atoms with E-state index in [1.54, 1.807) is 12.3 Å². The van der Waals surface area contributed by atoms with Crippen molar-refractivity contribution in [1.82, 2.24) is 20.0 Å². The molecule has 1 aromatic heterocycles. The standard InChI is InChI=1S/C13H25N5O/c1-16(2)8-5-6-14-7-9-18-13(19)10-12(11-15-18)17(3)4/h10-11,14H,5-9H2,1-4H3. The Kier molecular flexibility index (Phi) is 6.52. The fourth-order valence-electron chi connectivity index (χ4n) is 1.67. The lowest BCUT2D eigenvalue weighted by Gasteiger charge is -2.13. The minimum Gasteiger partial charge on any atom is -0.376 e. The van der Waals surface area contributed by atoms with Gasteiger partial charge < -0.3 is 15.1 Å². The molecule has 6 nitrogen and oxygen atoms in total. The van der Waals surface area contributed by atoms with Crippen LogP contribution in [0.3, 0.4) is 0 Å². The van der Waals surface area contributed by atoms with Crippen LogP contribution in [0.5, 0.6) is 0 Å². The molecule has 0 aliphatic heterocycles. The summed E-state index contributed by atoms with van der Waals surface area (Å²) in [6.45, 7) is 3.40. The minimum absolute atomic E-state index is 0.0544. The van der Waals surface area contributed by atoms with Crippen LogP contribution in [0.15, 0.2) is 17.1 Å². The predicted octanol–water partition coefficient (Wildman–Crippen LogP) is -0.149. The topological polar surface area (TPSA) is 53.4 Å². The van der Waals surface area contributed by atoms with Crippen molar-refractivity contribution in [3.05, 3.63) is 22.6 Å². The molecule has 0 fully saturated rings. The van der Waals surface area contributed by atoms with Crippen molar-refractivity contribution < 1.29 is 0 Å². The van der Waals surface area contributed by atoms with Gasteiger partial charge in [-0.15, -0.1) is 0 Å². The van der Waals surface area contributed by atoms with Crippen LogP contribution < -0.4 is 15.8 Å². The van der Waals surface area contributed by atoms with Crippen molar-refractivity contribution in [3.8, 4) is 0 Å². The Balaban J connectivity index is 2.32. The highest BCUT2D eigenvalue weighted by molar-refractivity contribution is 5.40. The highest BCUT2D eigenvalue weighted by Gasteiger charge is 2.01. The predicted molar refractivity (Wildman–Crippen MR) is 78.9 cm³/mol. The number of rotatable bonds is 8. The van der Waals surface area contributed by atoms with Gasteiger partial charge in [0, 0.05) is 26.7 Å². The Morgan fingerprint density at radius 3 is 2.58 bits per heavy atom. The van der Waals surface area contributed by atoms with Gasteiger partial charge in [-0.2, -0.15) is 5.10 Å². The van der Waals surface area contributed by atoms with Crippen LogP contribution in [0.25, 0.3) is 0 Å². The lowest BCUT2D eigenvalue weighted by atomic mass is 10.4. The average Bonchev–Trinajstić information content (AvgIpc) is 2.34. The third kappa shape index (κ3) is 5.85. The lowest BCUT2D eigenvalue weighted by molar-refractivity contribution is 0.392. The van der Waals surface area contributed by atoms with Gasteiger partial charge in [0.15, 0.2) is 0 Å². The highest BCUT2D eigenvalue weighted by atomic mass is 16.1. The van der Waals surface area contributed by atoms with Crippen molar-refractivity contribution in [1.29, 1.82) is 0 Å². The first-order valence-corrected chi connectivity index (χ1v) is 6.60. The van der Waals surface area contributed by atoms with Crippen LogP contribution in [0.1, 0.15) is 6.42 Å². The van der Waals surface area contributed by atoms with E-state index in [0.717, 1.165) is 31.7 Å². The van der Waals surface area contributed by atoms with Crippen LogP contribution >= 0.6 is 0 Å². The van der Waals surface area contributed by atoms with Gasteiger partial charge in [-0.1, -0.05) is 0 Å². The van der Waals surface area contributed by atoms with Gasteiger partial charge >= 0.3 is 0 Å². The van der Waals surface area contributed by atoms with E-state index in [0.29, 0.717) is 6.54 Å². The van der Waals surface area contributed by atoms with Gasteiger partial charge in [0.25, 0.3) is 5.56 Å². The zero-order chi connectivity index (χ0) is 14.3. The summed E-state index contributed by atoms with van der Waals surface area (Å²) >= 11 is 0. The number of hydrogen-bond acceptors (Lipinski definition) is 5. The Morgan fingerprint density at radius 1 is 1.26 bits per heavy atom. The molecule has 0 spiro atoms. The summed E-state index contributed by atoms with van der Waals surface area (Å²) in [7, 11) is 7.92. The van der Waals surface area contributed by atoms with Gasteiger partial charge in [0.1, 0.15) is 0 Å². The molecule has 19 heavy (non-hydrogen) atoms. The van der Waals surface area contributed by atoms with Crippen LogP contribution in [-0.2, 0) is 6.54 Å². The van der Waals surface area contributed by atoms with Crippen LogP contribution in [0, 0.1) is 0 Å². The van der Waals surface area contributed by atoms with E-state index in [2.05, 4.69) is 29.4 Å². The Labute approximate surface area is 115 Å². The van der Waals surface area contributed by atoms with E-state index in [1.807, 2.05) is 19.0 Å². The normalized spacial score (nSPS) is 11.0. The monoisotopic (exact) mass is 267 g/mol. The molecule has 0 saturated heterocycles. The lowest BCUT2D eigenvalue weighted by Crippen LogP contribution is -2.30. The van der Waals surface area contributed by atoms with E-state index in [1.165, 1.54) is 4.68 Å². The summed E-state index contributed by atoms with van der Waals surface area (Å²) < 4.78 is 1.49. The van der Waals surface area contributed by atoms with Gasteiger partial charge in [-0.3, -0.25) is 4.79 Å². The third-order valence-electron chi connectivity index (χ3n) is 2.83. The van der Waals surface area contributed by atoms with Crippen LogP contribution in [-0.4, -0.2) is 62.5 Å². The van der Waals surface area contributed by atoms with Crippen LogP contribution in [0.4, 0.5) is 5.69 Å². The molecule has 0 aliphatic rings. The molecule has 108 valence electrons. The SMILES string of the molecule is CN(C)CCCNCCn1ncc(N(C)C)cc1=O. The maximum Gasteiger partial charge on any atom is 0.268 e. The molecule has 1 aromatic rings. The molecule has 0 unspecified atom stereocenters. The first kappa shape index (κ1) is 15.7. The maximum atomic E-state index is 11.8. The number of hydrogen-bond donors (Lipinski definition) is 1. The molecule has 6 heteroatoms. The largest absolute Gasteiger partial charge is 0.376 e. The molecular weight excluding hydrogens is 242 g/mol. The van der Waals surface area contributed by atoms with Gasteiger partial charge in [-0.05, 0) is 33.6 Å². The summed E-state index contributed by atoms with van der Waals surface area (Å²) in [4.78, 5) is 15.8. The number of anilines is 1. The zero-order valence-corrected chi connectivity index (χ0v) is 12.4. The molecule has 1 heterocycles. The summed E-state index contributed by atoms with van der Waals surface area (Å²) in [6, 6.07) is 1.61. The summed E-state index contributed by atoms with van der Waals surface area (Å²) in [6.07, 6.45) is 2.82. The first-order chi connectivity index (χ1) is 9.00. The fourth-order valence-corrected chi connectivity index (χ4v) is 1.67. The average molecular weight is 267 g/mol. The van der Waals surface area contributed by atoms with E-state index in [-0.39, 0.29) is 5.56 Å². The third-order valence-corrected chi connectivity index (χ3v) is 2.83. The summed E-state index contributed by atoms with van der Waals surface area (Å²) in [5.41, 5.74) is 0.779. The first-order valence-electron chi connectivity index (χ1n) is 6.60. The number of nitrogens with zero attached hydrogens (tertiary/aromatic N) is 4. The van der Waals surface area contributed by atoms with Crippen molar-refractivity contribution in [2.75, 3.05) is 52.7 Å². The molecule has 0 aromatic carbocycles. The van der Waals surface area contributed by atoms with Crippen molar-refractivity contribution in [2.45, 2.75) is 13.0 Å². The molecule has 1 N–H and O–H groups in total. The van der Waals surface area contributed by atoms with E-state index < -0.39 is 0 Å². The van der Waals surface area contributed by atoms with E-state index in [9.17, 15) is 4.79 Å². The zero-order valence-electron chi connectivity index (χ0n) is 12.4. The molecule has 0 aliphatic carbocycles. The second-order valence-corrected chi connectivity index (χ2v) is 5.08. The second kappa shape index (κ2) is 7.91. The van der Waals surface area contributed by atoms with E-state index >= 15 is 0 Å². The molecule has 0 amide bonds. The number of nitrogens with one attached hydrogen (secondary N) is 1. The Bertz CT molecular complexity index is 427. The fraction of sp³-hybridized carbons (Fsp3) is 0.692. The molecule has 1 rings (SSSR count). The highest BCUT2D eigenvalue weighted by Crippen LogP contribution is 2.02.